The van der Waals surface area contributed by atoms with Crippen molar-refractivity contribution in [3.8, 4) is 0 Å². The lowest BCUT2D eigenvalue weighted by atomic mass is 9.47. The van der Waals surface area contributed by atoms with Gasteiger partial charge in [0, 0.05) is 10.0 Å². The van der Waals surface area contributed by atoms with Gasteiger partial charge in [0.05, 0.1) is 17.1 Å². The standard InChI is InChI=1S/C19H23Cl2NO2/c1-11(15-3-2-14(20)5-16(15)21)22-17(23)18-6-12-4-13(7-18)9-19(24,8-12)10-18/h2-3,5,11-13,24H,4,6-10H2,1H3,(H,22,23)/t11-,12-,13+,18?,19?/m0/s1. The Kier molecular flexibility index (Phi) is 3.91. The van der Waals surface area contributed by atoms with Crippen molar-refractivity contribution < 1.29 is 9.90 Å². The molecule has 3 nitrogen and oxygen atoms in total. The van der Waals surface area contributed by atoms with Crippen molar-refractivity contribution in [1.29, 1.82) is 0 Å². The number of carbonyl (C=O) groups is 1. The number of amides is 1. The molecule has 0 saturated heterocycles. The average Bonchev–Trinajstić information content (AvgIpc) is 2.44. The Bertz CT molecular complexity index is 676. The van der Waals surface area contributed by atoms with Gasteiger partial charge in [0.2, 0.25) is 5.91 Å². The molecule has 4 bridgehead atoms. The van der Waals surface area contributed by atoms with Crippen LogP contribution < -0.4 is 5.32 Å². The maximum Gasteiger partial charge on any atom is 0.226 e. The summed E-state index contributed by atoms with van der Waals surface area (Å²) >= 11 is 12.2. The number of carbonyl (C=O) groups excluding carboxylic acids is 1. The van der Waals surface area contributed by atoms with Crippen molar-refractivity contribution in [3.05, 3.63) is 33.8 Å². The minimum Gasteiger partial charge on any atom is -0.390 e. The molecule has 2 unspecified atom stereocenters. The highest BCUT2D eigenvalue weighted by atomic mass is 35.5. The molecule has 2 N–H and O–H groups in total. The molecule has 4 aliphatic rings. The Morgan fingerprint density at radius 2 is 1.92 bits per heavy atom. The van der Waals surface area contributed by atoms with Gasteiger partial charge < -0.3 is 10.4 Å². The third-order valence-electron chi connectivity index (χ3n) is 6.29. The molecule has 0 heterocycles. The normalized spacial score (nSPS) is 38.2. The van der Waals surface area contributed by atoms with Gasteiger partial charge in [0.25, 0.3) is 0 Å². The van der Waals surface area contributed by atoms with Gasteiger partial charge in [-0.05, 0) is 75.0 Å². The van der Waals surface area contributed by atoms with E-state index in [2.05, 4.69) is 5.32 Å². The van der Waals surface area contributed by atoms with Gasteiger partial charge in [-0.3, -0.25) is 4.79 Å². The number of nitrogens with one attached hydrogen (secondary N) is 1. The molecule has 4 saturated carbocycles. The molecule has 1 aromatic carbocycles. The highest BCUT2D eigenvalue weighted by Crippen LogP contribution is 2.61. The van der Waals surface area contributed by atoms with Gasteiger partial charge >= 0.3 is 0 Å². The van der Waals surface area contributed by atoms with Crippen molar-refractivity contribution in [1.82, 2.24) is 5.32 Å². The Hall–Kier alpha value is -0.770. The summed E-state index contributed by atoms with van der Waals surface area (Å²) in [6, 6.07) is 5.18. The first-order valence-electron chi connectivity index (χ1n) is 8.77. The number of aliphatic hydroxyl groups is 1. The lowest BCUT2D eigenvalue weighted by molar-refractivity contribution is -0.178. The Morgan fingerprint density at radius 1 is 1.25 bits per heavy atom. The molecule has 4 fully saturated rings. The number of rotatable bonds is 3. The van der Waals surface area contributed by atoms with E-state index in [0.717, 1.165) is 31.2 Å². The van der Waals surface area contributed by atoms with Crippen LogP contribution in [0.1, 0.15) is 57.1 Å². The van der Waals surface area contributed by atoms with Crippen LogP contribution in [-0.4, -0.2) is 16.6 Å². The van der Waals surface area contributed by atoms with Crippen LogP contribution in [0, 0.1) is 17.3 Å². The average molecular weight is 368 g/mol. The smallest absolute Gasteiger partial charge is 0.226 e. The molecule has 0 radical (unpaired) electrons. The molecule has 0 aromatic heterocycles. The van der Waals surface area contributed by atoms with E-state index in [1.807, 2.05) is 13.0 Å². The molecule has 0 aliphatic heterocycles. The van der Waals surface area contributed by atoms with E-state index in [-0.39, 0.29) is 11.9 Å². The van der Waals surface area contributed by atoms with E-state index in [1.165, 1.54) is 6.42 Å². The zero-order chi connectivity index (χ0) is 17.1. The molecular weight excluding hydrogens is 345 g/mol. The first-order valence-corrected chi connectivity index (χ1v) is 9.53. The summed E-state index contributed by atoms with van der Waals surface area (Å²) in [5.41, 5.74) is -0.146. The Labute approximate surface area is 152 Å². The highest BCUT2D eigenvalue weighted by molar-refractivity contribution is 6.35. The van der Waals surface area contributed by atoms with Crippen molar-refractivity contribution in [2.45, 2.75) is 57.1 Å². The molecule has 130 valence electrons. The van der Waals surface area contributed by atoms with Crippen molar-refractivity contribution in [2.24, 2.45) is 17.3 Å². The molecule has 5 rings (SSSR count). The largest absolute Gasteiger partial charge is 0.390 e. The predicted octanol–water partition coefficient (Wildman–Crippen LogP) is 4.50. The summed E-state index contributed by atoms with van der Waals surface area (Å²) in [5.74, 6) is 1.07. The van der Waals surface area contributed by atoms with Gasteiger partial charge in [-0.25, -0.2) is 0 Å². The van der Waals surface area contributed by atoms with Crippen LogP contribution in [0.25, 0.3) is 0 Å². The van der Waals surface area contributed by atoms with Crippen molar-refractivity contribution in [2.75, 3.05) is 0 Å². The lowest BCUT2D eigenvalue weighted by Gasteiger charge is -2.59. The van der Waals surface area contributed by atoms with E-state index in [9.17, 15) is 9.90 Å². The quantitative estimate of drug-likeness (QED) is 0.825. The summed E-state index contributed by atoms with van der Waals surface area (Å²) in [6.45, 7) is 1.95. The molecule has 5 heteroatoms. The first-order chi connectivity index (χ1) is 11.3. The second kappa shape index (κ2) is 5.62. The fourth-order valence-electron chi connectivity index (χ4n) is 5.76. The molecule has 1 amide bonds. The second-order valence-electron chi connectivity index (χ2n) is 8.33. The molecular formula is C19H23Cl2NO2. The number of halogens is 2. The molecule has 24 heavy (non-hydrogen) atoms. The topological polar surface area (TPSA) is 49.3 Å². The third-order valence-corrected chi connectivity index (χ3v) is 6.85. The number of benzene rings is 1. The predicted molar refractivity (Wildman–Crippen MR) is 95.1 cm³/mol. The Balaban J connectivity index is 1.54. The fraction of sp³-hybridized carbons (Fsp3) is 0.632. The monoisotopic (exact) mass is 367 g/mol. The first kappa shape index (κ1) is 16.7. The van der Waals surface area contributed by atoms with Gasteiger partial charge in [-0.1, -0.05) is 29.3 Å². The minimum absolute atomic E-state index is 0.0774. The minimum atomic E-state index is -0.622. The van der Waals surface area contributed by atoms with E-state index in [1.54, 1.807) is 12.1 Å². The van der Waals surface area contributed by atoms with Gasteiger partial charge in [-0.2, -0.15) is 0 Å². The van der Waals surface area contributed by atoms with Gasteiger partial charge in [0.1, 0.15) is 0 Å². The van der Waals surface area contributed by atoms with E-state index >= 15 is 0 Å². The van der Waals surface area contributed by atoms with E-state index in [0.29, 0.717) is 28.3 Å². The van der Waals surface area contributed by atoms with Crippen molar-refractivity contribution >= 4 is 29.1 Å². The molecule has 1 aromatic rings. The molecule has 4 aliphatic carbocycles. The van der Waals surface area contributed by atoms with Gasteiger partial charge in [-0.15, -0.1) is 0 Å². The van der Waals surface area contributed by atoms with Crippen LogP contribution >= 0.6 is 23.2 Å². The van der Waals surface area contributed by atoms with Crippen LogP contribution in [0.15, 0.2) is 18.2 Å². The molecule has 0 spiro atoms. The van der Waals surface area contributed by atoms with Crippen LogP contribution in [0.3, 0.4) is 0 Å². The second-order valence-corrected chi connectivity index (χ2v) is 9.17. The Morgan fingerprint density at radius 3 is 2.50 bits per heavy atom. The maximum absolute atomic E-state index is 13.1. The van der Waals surface area contributed by atoms with Crippen LogP contribution in [0.5, 0.6) is 0 Å². The fourth-order valence-corrected chi connectivity index (χ4v) is 6.33. The lowest BCUT2D eigenvalue weighted by Crippen LogP contribution is -2.60. The third kappa shape index (κ3) is 2.75. The SMILES string of the molecule is C[C@H](NC(=O)C12C[C@@H]3C[C@@H](CC(O)(C3)C1)C2)c1ccc(Cl)cc1Cl. The van der Waals surface area contributed by atoms with Gasteiger partial charge in [0.15, 0.2) is 0 Å². The maximum atomic E-state index is 13.1. The van der Waals surface area contributed by atoms with Crippen LogP contribution in [-0.2, 0) is 4.79 Å². The zero-order valence-electron chi connectivity index (χ0n) is 13.8. The zero-order valence-corrected chi connectivity index (χ0v) is 15.3. The van der Waals surface area contributed by atoms with Crippen LogP contribution in [0.2, 0.25) is 10.0 Å². The number of hydrogen-bond donors (Lipinski definition) is 2. The molecule has 5 atom stereocenters. The summed E-state index contributed by atoms with van der Waals surface area (Å²) < 4.78 is 0. The highest BCUT2D eigenvalue weighted by Gasteiger charge is 2.60. The summed E-state index contributed by atoms with van der Waals surface area (Å²) in [6.07, 6.45) is 5.36. The van der Waals surface area contributed by atoms with Crippen molar-refractivity contribution in [3.63, 3.8) is 0 Å². The summed E-state index contributed by atoms with van der Waals surface area (Å²) in [5, 5.41) is 15.1. The number of hydrogen-bond acceptors (Lipinski definition) is 2. The summed E-state index contributed by atoms with van der Waals surface area (Å²) in [4.78, 5) is 13.1. The van der Waals surface area contributed by atoms with E-state index < -0.39 is 11.0 Å². The summed E-state index contributed by atoms with van der Waals surface area (Å²) in [7, 11) is 0. The van der Waals surface area contributed by atoms with E-state index in [4.69, 9.17) is 23.2 Å². The van der Waals surface area contributed by atoms with Crippen LogP contribution in [0.4, 0.5) is 0 Å².